The first-order chi connectivity index (χ1) is 7.88. The Labute approximate surface area is 101 Å². The number of nitrogens with zero attached hydrogens (tertiary/aromatic N) is 1. The van der Waals surface area contributed by atoms with E-state index in [1.54, 1.807) is 25.9 Å². The molecular weight excluding hydrogens is 222 g/mol. The van der Waals surface area contributed by atoms with Crippen LogP contribution in [-0.4, -0.2) is 50.2 Å². The maximum absolute atomic E-state index is 12.1. The van der Waals surface area contributed by atoms with Gasteiger partial charge in [-0.05, 0) is 20.0 Å². The van der Waals surface area contributed by atoms with Gasteiger partial charge in [0.25, 0.3) is 0 Å². The zero-order chi connectivity index (χ0) is 13.2. The molecule has 0 saturated heterocycles. The number of esters is 1. The minimum atomic E-state index is -0.789. The fourth-order valence-corrected chi connectivity index (χ4v) is 2.27. The quantitative estimate of drug-likeness (QED) is 0.519. The molecule has 5 nitrogen and oxygen atoms in total. The lowest BCUT2D eigenvalue weighted by Crippen LogP contribution is -2.47. The van der Waals surface area contributed by atoms with E-state index in [-0.39, 0.29) is 23.9 Å². The van der Waals surface area contributed by atoms with Gasteiger partial charge in [-0.2, -0.15) is 0 Å². The largest absolute Gasteiger partial charge is 0.468 e. The highest BCUT2D eigenvalue weighted by atomic mass is 16.5. The van der Waals surface area contributed by atoms with E-state index in [1.807, 2.05) is 0 Å². The molecule has 0 heterocycles. The van der Waals surface area contributed by atoms with E-state index >= 15 is 0 Å². The van der Waals surface area contributed by atoms with Gasteiger partial charge in [0, 0.05) is 13.0 Å². The third-order valence-electron chi connectivity index (χ3n) is 3.13. The fraction of sp³-hybridized carbons (Fsp3) is 0.750. The number of ketones is 2. The summed E-state index contributed by atoms with van der Waals surface area (Å²) < 4.78 is 4.63. The molecule has 0 N–H and O–H groups in total. The molecule has 1 rings (SSSR count). The second-order valence-electron chi connectivity index (χ2n) is 4.87. The maximum atomic E-state index is 12.1. The molecular formula is C12H19NO4. The van der Waals surface area contributed by atoms with E-state index in [0.717, 1.165) is 0 Å². The Bertz CT molecular complexity index is 337. The number of ether oxygens (including phenoxy) is 1. The summed E-state index contributed by atoms with van der Waals surface area (Å²) in [6, 6.07) is 0. The first-order valence-electron chi connectivity index (χ1n) is 5.67. The lowest BCUT2D eigenvalue weighted by Gasteiger charge is -2.31. The van der Waals surface area contributed by atoms with Crippen molar-refractivity contribution in [3.8, 4) is 0 Å². The second kappa shape index (κ2) is 5.40. The molecule has 0 spiro atoms. The van der Waals surface area contributed by atoms with Gasteiger partial charge in [-0.1, -0.05) is 6.92 Å². The number of hydrogen-bond acceptors (Lipinski definition) is 5. The van der Waals surface area contributed by atoms with Gasteiger partial charge in [0.2, 0.25) is 0 Å². The maximum Gasteiger partial charge on any atom is 0.316 e. The molecule has 1 aliphatic carbocycles. The predicted molar refractivity (Wildman–Crippen MR) is 61.3 cm³/mol. The van der Waals surface area contributed by atoms with Crippen molar-refractivity contribution in [1.82, 2.24) is 4.90 Å². The highest BCUT2D eigenvalue weighted by Gasteiger charge is 2.45. The zero-order valence-corrected chi connectivity index (χ0v) is 10.7. The van der Waals surface area contributed by atoms with Gasteiger partial charge in [-0.15, -0.1) is 0 Å². The molecule has 17 heavy (non-hydrogen) atoms. The lowest BCUT2D eigenvalue weighted by molar-refractivity contribution is -0.156. The normalized spacial score (nSPS) is 29.6. The Kier molecular flexibility index (Phi) is 4.40. The highest BCUT2D eigenvalue weighted by Crippen LogP contribution is 2.29. The van der Waals surface area contributed by atoms with Gasteiger partial charge in [-0.3, -0.25) is 14.4 Å². The van der Waals surface area contributed by atoms with Crippen LogP contribution in [0.5, 0.6) is 0 Å². The summed E-state index contributed by atoms with van der Waals surface area (Å²) in [4.78, 5) is 37.3. The number of Topliss-reactive ketones (excluding diaryl/α,β-unsaturated/α-hetero) is 2. The summed E-state index contributed by atoms with van der Waals surface area (Å²) in [6.07, 6.45) is 0.268. The Balaban J connectivity index is 2.91. The van der Waals surface area contributed by atoms with Gasteiger partial charge >= 0.3 is 5.97 Å². The molecule has 0 amide bonds. The van der Waals surface area contributed by atoms with Gasteiger partial charge in [-0.25, -0.2) is 0 Å². The lowest BCUT2D eigenvalue weighted by atomic mass is 9.73. The predicted octanol–water partition coefficient (Wildman–Crippen LogP) is 0.131. The second-order valence-corrected chi connectivity index (χ2v) is 4.87. The van der Waals surface area contributed by atoms with E-state index in [4.69, 9.17) is 0 Å². The van der Waals surface area contributed by atoms with Crippen LogP contribution in [0.4, 0.5) is 0 Å². The van der Waals surface area contributed by atoms with Crippen LogP contribution in [0, 0.1) is 17.8 Å². The molecule has 96 valence electrons. The average Bonchev–Trinajstić information content (AvgIpc) is 2.23. The third kappa shape index (κ3) is 2.91. The molecule has 1 saturated carbocycles. The fourth-order valence-electron chi connectivity index (χ4n) is 2.27. The number of carbonyl (C=O) groups is 3. The molecule has 5 heteroatoms. The molecule has 0 radical (unpaired) electrons. The first-order valence-corrected chi connectivity index (χ1v) is 5.67. The van der Waals surface area contributed by atoms with Crippen LogP contribution >= 0.6 is 0 Å². The SMILES string of the molecule is COC(=O)[C@H]1C(=O)[C@@H](CN(C)C)C(=O)C[C@H]1C. The van der Waals surface area contributed by atoms with E-state index in [1.165, 1.54) is 7.11 Å². The van der Waals surface area contributed by atoms with E-state index in [9.17, 15) is 14.4 Å². The Morgan fingerprint density at radius 2 is 2.00 bits per heavy atom. The van der Waals surface area contributed by atoms with Crippen molar-refractivity contribution in [2.75, 3.05) is 27.7 Å². The Morgan fingerprint density at radius 1 is 1.41 bits per heavy atom. The molecule has 0 aromatic heterocycles. The standard InChI is InChI=1S/C12H19NO4/c1-7-5-9(14)8(6-13(2)3)11(15)10(7)12(16)17-4/h7-8,10H,5-6H2,1-4H3/t7-,8+,10-/m1/s1. The van der Waals surface area contributed by atoms with Gasteiger partial charge in [0.05, 0.1) is 13.0 Å². The molecule has 0 unspecified atom stereocenters. The van der Waals surface area contributed by atoms with Crippen molar-refractivity contribution in [1.29, 1.82) is 0 Å². The van der Waals surface area contributed by atoms with Crippen molar-refractivity contribution >= 4 is 17.5 Å². The molecule has 0 aromatic carbocycles. The molecule has 3 atom stereocenters. The van der Waals surface area contributed by atoms with Gasteiger partial charge in [0.15, 0.2) is 5.78 Å². The summed E-state index contributed by atoms with van der Waals surface area (Å²) >= 11 is 0. The van der Waals surface area contributed by atoms with Gasteiger partial charge in [0.1, 0.15) is 11.7 Å². The summed E-state index contributed by atoms with van der Waals surface area (Å²) in [5.41, 5.74) is 0. The zero-order valence-electron chi connectivity index (χ0n) is 10.7. The molecule has 1 aliphatic rings. The summed E-state index contributed by atoms with van der Waals surface area (Å²) in [7, 11) is 4.86. The summed E-state index contributed by atoms with van der Waals surface area (Å²) in [6.45, 7) is 2.10. The van der Waals surface area contributed by atoms with Crippen LogP contribution in [0.1, 0.15) is 13.3 Å². The monoisotopic (exact) mass is 241 g/mol. The first kappa shape index (κ1) is 13.8. The number of rotatable bonds is 3. The van der Waals surface area contributed by atoms with E-state index in [2.05, 4.69) is 4.74 Å². The van der Waals surface area contributed by atoms with Crippen molar-refractivity contribution in [3.63, 3.8) is 0 Å². The Hall–Kier alpha value is -1.23. The van der Waals surface area contributed by atoms with Gasteiger partial charge < -0.3 is 9.64 Å². The molecule has 1 fully saturated rings. The third-order valence-corrected chi connectivity index (χ3v) is 3.13. The van der Waals surface area contributed by atoms with Crippen molar-refractivity contribution in [3.05, 3.63) is 0 Å². The molecule has 0 aromatic rings. The number of methoxy groups -OCH3 is 1. The topological polar surface area (TPSA) is 63.7 Å². The summed E-state index contributed by atoms with van der Waals surface area (Å²) in [5, 5.41) is 0. The summed E-state index contributed by atoms with van der Waals surface area (Å²) in [5.74, 6) is -2.64. The van der Waals surface area contributed by atoms with Crippen molar-refractivity contribution in [2.24, 2.45) is 17.8 Å². The smallest absolute Gasteiger partial charge is 0.316 e. The van der Waals surface area contributed by atoms with E-state index in [0.29, 0.717) is 6.54 Å². The Morgan fingerprint density at radius 3 is 2.47 bits per heavy atom. The van der Waals surface area contributed by atoms with Crippen LogP contribution in [0.15, 0.2) is 0 Å². The van der Waals surface area contributed by atoms with Crippen LogP contribution in [0.25, 0.3) is 0 Å². The van der Waals surface area contributed by atoms with Crippen molar-refractivity contribution < 1.29 is 19.1 Å². The minimum Gasteiger partial charge on any atom is -0.468 e. The van der Waals surface area contributed by atoms with E-state index < -0.39 is 17.8 Å². The minimum absolute atomic E-state index is 0.0728. The average molecular weight is 241 g/mol. The number of carbonyl (C=O) groups excluding carboxylic acids is 3. The van der Waals surface area contributed by atoms with Crippen LogP contribution in [-0.2, 0) is 19.1 Å². The van der Waals surface area contributed by atoms with Crippen LogP contribution in [0.3, 0.4) is 0 Å². The van der Waals surface area contributed by atoms with Crippen molar-refractivity contribution in [2.45, 2.75) is 13.3 Å². The van der Waals surface area contributed by atoms with Crippen LogP contribution < -0.4 is 0 Å². The molecule has 0 bridgehead atoms. The van der Waals surface area contributed by atoms with Crippen LogP contribution in [0.2, 0.25) is 0 Å². The highest BCUT2D eigenvalue weighted by molar-refractivity contribution is 6.12. The molecule has 0 aliphatic heterocycles. The number of hydrogen-bond donors (Lipinski definition) is 0.